The van der Waals surface area contributed by atoms with Crippen LogP contribution in [0, 0.1) is 13.8 Å². The van der Waals surface area contributed by atoms with Crippen LogP contribution in [0.4, 0.5) is 5.69 Å². The summed E-state index contributed by atoms with van der Waals surface area (Å²) < 4.78 is 7.30. The Kier molecular flexibility index (Phi) is 8.22. The number of hydrogen-bond acceptors (Lipinski definition) is 6. The molecule has 1 N–H and O–H groups in total. The van der Waals surface area contributed by atoms with Gasteiger partial charge in [0.05, 0.1) is 19.0 Å². The highest BCUT2D eigenvalue weighted by Gasteiger charge is 2.21. The Balaban J connectivity index is 1.42. The number of carbonyl (C=O) groups is 1. The predicted octanol–water partition coefficient (Wildman–Crippen LogP) is 3.19. The van der Waals surface area contributed by atoms with E-state index in [1.54, 1.807) is 0 Å². The SMILES string of the molecule is Cc1cccc(NC(=O)CSc2nc(=O)n(CCCN3CCOCC3)c3c2CCCC3)c1C. The molecule has 178 valence electrons. The van der Waals surface area contributed by atoms with E-state index in [1.807, 2.05) is 36.6 Å². The molecule has 0 saturated carbocycles. The first-order valence-electron chi connectivity index (χ1n) is 11.9. The Labute approximate surface area is 199 Å². The van der Waals surface area contributed by atoms with Gasteiger partial charge in [-0.05, 0) is 63.1 Å². The molecule has 2 aromatic rings. The first-order chi connectivity index (χ1) is 16.0. The number of rotatable bonds is 8. The lowest BCUT2D eigenvalue weighted by Gasteiger charge is -2.27. The van der Waals surface area contributed by atoms with E-state index in [0.717, 1.165) is 98.0 Å². The number of nitrogens with one attached hydrogen (secondary N) is 1. The summed E-state index contributed by atoms with van der Waals surface area (Å²) in [4.78, 5) is 32.3. The Hall–Kier alpha value is -2.16. The number of anilines is 1. The van der Waals surface area contributed by atoms with Crippen molar-refractivity contribution in [3.05, 3.63) is 51.1 Å². The van der Waals surface area contributed by atoms with Crippen molar-refractivity contribution < 1.29 is 9.53 Å². The lowest BCUT2D eigenvalue weighted by molar-refractivity contribution is -0.113. The lowest BCUT2D eigenvalue weighted by Crippen LogP contribution is -2.38. The molecule has 2 aliphatic rings. The molecule has 1 aliphatic carbocycles. The standard InChI is InChI=1S/C25H34N4O3S/c1-18-7-5-9-21(19(18)2)26-23(30)17-33-24-20-8-3-4-10-22(20)29(25(31)27-24)12-6-11-28-13-15-32-16-14-28/h5,7,9H,3-4,6,8,10-17H2,1-2H3,(H,26,30). The maximum absolute atomic E-state index is 12.9. The van der Waals surface area contributed by atoms with Crippen molar-refractivity contribution in [3.8, 4) is 0 Å². The van der Waals surface area contributed by atoms with Gasteiger partial charge in [-0.2, -0.15) is 4.98 Å². The minimum absolute atomic E-state index is 0.0743. The Morgan fingerprint density at radius 3 is 2.76 bits per heavy atom. The zero-order valence-electron chi connectivity index (χ0n) is 19.7. The van der Waals surface area contributed by atoms with Gasteiger partial charge >= 0.3 is 5.69 Å². The minimum atomic E-state index is -0.185. The molecule has 0 bridgehead atoms. The minimum Gasteiger partial charge on any atom is -0.379 e. The number of amides is 1. The zero-order chi connectivity index (χ0) is 23.2. The monoisotopic (exact) mass is 470 g/mol. The topological polar surface area (TPSA) is 76.5 Å². The number of carbonyl (C=O) groups excluding carboxylic acids is 1. The van der Waals surface area contributed by atoms with E-state index < -0.39 is 0 Å². The predicted molar refractivity (Wildman–Crippen MR) is 132 cm³/mol. The first-order valence-corrected chi connectivity index (χ1v) is 12.9. The summed E-state index contributed by atoms with van der Waals surface area (Å²) >= 11 is 1.38. The number of hydrogen-bond donors (Lipinski definition) is 1. The zero-order valence-corrected chi connectivity index (χ0v) is 20.5. The molecular formula is C25H34N4O3S. The fourth-order valence-corrected chi connectivity index (χ4v) is 5.46. The van der Waals surface area contributed by atoms with Crippen LogP contribution in [0.2, 0.25) is 0 Å². The van der Waals surface area contributed by atoms with E-state index in [-0.39, 0.29) is 17.3 Å². The molecule has 1 aliphatic heterocycles. The number of morpholine rings is 1. The van der Waals surface area contributed by atoms with Crippen LogP contribution in [0.15, 0.2) is 28.0 Å². The second-order valence-corrected chi connectivity index (χ2v) is 9.84. The molecule has 8 heteroatoms. The maximum atomic E-state index is 12.9. The Morgan fingerprint density at radius 1 is 1.15 bits per heavy atom. The third-order valence-corrected chi connectivity index (χ3v) is 7.65. The average molecular weight is 471 g/mol. The van der Waals surface area contributed by atoms with Crippen LogP contribution >= 0.6 is 11.8 Å². The third-order valence-electron chi connectivity index (χ3n) is 6.63. The summed E-state index contributed by atoms with van der Waals surface area (Å²) in [5, 5.41) is 3.73. The van der Waals surface area contributed by atoms with Gasteiger partial charge in [0.25, 0.3) is 0 Å². The van der Waals surface area contributed by atoms with E-state index in [4.69, 9.17) is 4.74 Å². The molecule has 0 spiro atoms. The van der Waals surface area contributed by atoms with Gasteiger partial charge in [0, 0.05) is 43.1 Å². The van der Waals surface area contributed by atoms with Crippen LogP contribution in [0.1, 0.15) is 41.6 Å². The number of thioether (sulfide) groups is 1. The normalized spacial score (nSPS) is 16.4. The van der Waals surface area contributed by atoms with Crippen molar-refractivity contribution >= 4 is 23.4 Å². The van der Waals surface area contributed by atoms with Gasteiger partial charge in [-0.25, -0.2) is 4.79 Å². The van der Waals surface area contributed by atoms with Crippen molar-refractivity contribution in [3.63, 3.8) is 0 Å². The molecular weight excluding hydrogens is 436 g/mol. The number of fused-ring (bicyclic) bond motifs is 1. The van der Waals surface area contributed by atoms with Crippen molar-refractivity contribution in [2.75, 3.05) is 43.9 Å². The summed E-state index contributed by atoms with van der Waals surface area (Å²) in [6.45, 7) is 9.22. The molecule has 1 amide bonds. The van der Waals surface area contributed by atoms with Gasteiger partial charge in [0.2, 0.25) is 5.91 Å². The number of nitrogens with zero attached hydrogens (tertiary/aromatic N) is 3. The van der Waals surface area contributed by atoms with Crippen LogP contribution in [-0.2, 0) is 28.9 Å². The molecule has 0 radical (unpaired) electrons. The smallest absolute Gasteiger partial charge is 0.348 e. The van der Waals surface area contributed by atoms with Crippen molar-refractivity contribution in [2.45, 2.75) is 57.5 Å². The summed E-state index contributed by atoms with van der Waals surface area (Å²) in [5.41, 5.74) is 5.17. The maximum Gasteiger partial charge on any atom is 0.348 e. The summed E-state index contributed by atoms with van der Waals surface area (Å²) in [7, 11) is 0. The molecule has 0 atom stereocenters. The highest BCUT2D eigenvalue weighted by molar-refractivity contribution is 8.00. The van der Waals surface area contributed by atoms with Gasteiger partial charge < -0.3 is 10.1 Å². The van der Waals surface area contributed by atoms with Crippen molar-refractivity contribution in [1.82, 2.24) is 14.5 Å². The van der Waals surface area contributed by atoms with E-state index in [1.165, 1.54) is 11.8 Å². The van der Waals surface area contributed by atoms with Gasteiger partial charge in [-0.15, -0.1) is 0 Å². The molecule has 7 nitrogen and oxygen atoms in total. The fraction of sp³-hybridized carbons (Fsp3) is 0.560. The highest BCUT2D eigenvalue weighted by Crippen LogP contribution is 2.29. The van der Waals surface area contributed by atoms with E-state index in [0.29, 0.717) is 6.54 Å². The van der Waals surface area contributed by atoms with E-state index >= 15 is 0 Å². The van der Waals surface area contributed by atoms with Crippen LogP contribution in [-0.4, -0.2) is 59.0 Å². The number of ether oxygens (including phenoxy) is 1. The number of benzene rings is 1. The molecule has 2 heterocycles. The number of aromatic nitrogens is 2. The van der Waals surface area contributed by atoms with E-state index in [9.17, 15) is 9.59 Å². The van der Waals surface area contributed by atoms with Crippen molar-refractivity contribution in [2.24, 2.45) is 0 Å². The van der Waals surface area contributed by atoms with E-state index in [2.05, 4.69) is 15.2 Å². The third kappa shape index (κ3) is 6.05. The molecule has 1 aromatic carbocycles. The van der Waals surface area contributed by atoms with Gasteiger partial charge in [0.15, 0.2) is 0 Å². The van der Waals surface area contributed by atoms with Gasteiger partial charge in [-0.1, -0.05) is 23.9 Å². The molecule has 0 unspecified atom stereocenters. The molecule has 33 heavy (non-hydrogen) atoms. The fourth-order valence-electron chi connectivity index (χ4n) is 4.58. The second-order valence-electron chi connectivity index (χ2n) is 8.88. The molecule has 1 aromatic heterocycles. The number of aryl methyl sites for hydroxylation is 1. The van der Waals surface area contributed by atoms with Crippen molar-refractivity contribution in [1.29, 1.82) is 0 Å². The van der Waals surface area contributed by atoms with Crippen LogP contribution in [0.5, 0.6) is 0 Å². The summed E-state index contributed by atoms with van der Waals surface area (Å²) in [6, 6.07) is 5.90. The van der Waals surface area contributed by atoms with Gasteiger partial charge in [0.1, 0.15) is 5.03 Å². The van der Waals surface area contributed by atoms with Crippen LogP contribution in [0.3, 0.4) is 0 Å². The largest absolute Gasteiger partial charge is 0.379 e. The lowest BCUT2D eigenvalue weighted by atomic mass is 9.97. The second kappa shape index (κ2) is 11.3. The summed E-state index contributed by atoms with van der Waals surface area (Å²) in [5.74, 6) is 0.169. The average Bonchev–Trinajstić information content (AvgIpc) is 2.83. The van der Waals surface area contributed by atoms with Gasteiger partial charge in [-0.3, -0.25) is 14.3 Å². The quantitative estimate of drug-likeness (QED) is 0.472. The summed E-state index contributed by atoms with van der Waals surface area (Å²) in [6.07, 6.45) is 4.96. The Morgan fingerprint density at radius 2 is 1.94 bits per heavy atom. The highest BCUT2D eigenvalue weighted by atomic mass is 32.2. The molecule has 1 fully saturated rings. The van der Waals surface area contributed by atoms with Crippen LogP contribution in [0.25, 0.3) is 0 Å². The van der Waals surface area contributed by atoms with Crippen LogP contribution < -0.4 is 11.0 Å². The molecule has 1 saturated heterocycles. The molecule has 4 rings (SSSR count). The Bertz CT molecular complexity index is 1050. The first kappa shape index (κ1) is 24.0.